The summed E-state index contributed by atoms with van der Waals surface area (Å²) < 4.78 is 2.04. The van der Waals surface area contributed by atoms with Gasteiger partial charge in [-0.15, -0.1) is 0 Å². The second-order valence-corrected chi connectivity index (χ2v) is 7.21. The van der Waals surface area contributed by atoms with Crippen LogP contribution < -0.4 is 0 Å². The summed E-state index contributed by atoms with van der Waals surface area (Å²) in [5.41, 5.74) is 1.33. The minimum absolute atomic E-state index is 0.106. The number of hydrogen-bond donors (Lipinski definition) is 1. The third kappa shape index (κ3) is 2.36. The number of aliphatic hydroxyl groups is 1. The summed E-state index contributed by atoms with van der Waals surface area (Å²) in [5.74, 6) is 0.346. The summed E-state index contributed by atoms with van der Waals surface area (Å²) in [7, 11) is 2.00. The fourth-order valence-corrected chi connectivity index (χ4v) is 4.41. The molecular weight excluding hydrogens is 288 g/mol. The smallest absolute Gasteiger partial charge is 0.254 e. The fraction of sp³-hybridized carbons (Fsp3) is 0.526. The van der Waals surface area contributed by atoms with E-state index in [4.69, 9.17) is 0 Å². The second kappa shape index (κ2) is 5.38. The molecule has 0 unspecified atom stereocenters. The van der Waals surface area contributed by atoms with E-state index in [1.807, 2.05) is 47.0 Å². The summed E-state index contributed by atoms with van der Waals surface area (Å²) in [4.78, 5) is 15.0. The zero-order valence-electron chi connectivity index (χ0n) is 13.7. The molecule has 2 atom stereocenters. The molecule has 1 aromatic heterocycles. The van der Waals surface area contributed by atoms with Crippen molar-refractivity contribution in [2.45, 2.75) is 37.7 Å². The van der Waals surface area contributed by atoms with Crippen molar-refractivity contribution in [1.82, 2.24) is 9.47 Å². The Balaban J connectivity index is 1.62. The van der Waals surface area contributed by atoms with Crippen LogP contribution in [0.15, 0.2) is 30.5 Å². The van der Waals surface area contributed by atoms with Gasteiger partial charge < -0.3 is 14.6 Å². The molecule has 4 nitrogen and oxygen atoms in total. The van der Waals surface area contributed by atoms with Gasteiger partial charge in [-0.25, -0.2) is 0 Å². The number of nitrogens with zero attached hydrogens (tertiary/aromatic N) is 2. The predicted molar refractivity (Wildman–Crippen MR) is 90.3 cm³/mol. The highest BCUT2D eigenvalue weighted by Crippen LogP contribution is 2.40. The standard InChI is InChI=1S/C19H24N2O2/c1-20-11-8-15-16(6-4-7-17(15)20)18(22)21-12-10-19(23)9-3-2-5-14(19)13-21/h4,6-8,11,14,23H,2-3,5,9-10,12-13H2,1H3/t14-,19-/m1/s1. The van der Waals surface area contributed by atoms with Crippen LogP contribution in [0.3, 0.4) is 0 Å². The molecule has 1 saturated carbocycles. The Kier molecular flexibility index (Phi) is 3.45. The molecule has 0 radical (unpaired) electrons. The molecule has 1 N–H and O–H groups in total. The number of fused-ring (bicyclic) bond motifs is 2. The maximum atomic E-state index is 13.0. The monoisotopic (exact) mass is 312 g/mol. The largest absolute Gasteiger partial charge is 0.389 e. The first-order valence-corrected chi connectivity index (χ1v) is 8.64. The van der Waals surface area contributed by atoms with Crippen molar-refractivity contribution in [1.29, 1.82) is 0 Å². The van der Waals surface area contributed by atoms with Crippen LogP contribution in [0.25, 0.3) is 10.9 Å². The van der Waals surface area contributed by atoms with Crippen LogP contribution in [0.4, 0.5) is 0 Å². The highest BCUT2D eigenvalue weighted by Gasteiger charge is 2.43. The molecule has 1 saturated heterocycles. The van der Waals surface area contributed by atoms with Crippen LogP contribution in [-0.4, -0.2) is 39.2 Å². The van der Waals surface area contributed by atoms with Gasteiger partial charge in [0.15, 0.2) is 0 Å². The number of aryl methyl sites for hydroxylation is 1. The maximum Gasteiger partial charge on any atom is 0.254 e. The van der Waals surface area contributed by atoms with Crippen molar-refractivity contribution >= 4 is 16.8 Å². The van der Waals surface area contributed by atoms with Crippen LogP contribution in [0, 0.1) is 5.92 Å². The molecule has 122 valence electrons. The van der Waals surface area contributed by atoms with E-state index in [2.05, 4.69) is 0 Å². The molecule has 2 heterocycles. The number of amides is 1. The molecule has 2 aliphatic rings. The minimum atomic E-state index is -0.534. The lowest BCUT2D eigenvalue weighted by Crippen LogP contribution is -2.54. The zero-order valence-corrected chi connectivity index (χ0v) is 13.7. The summed E-state index contributed by atoms with van der Waals surface area (Å²) in [6.45, 7) is 1.35. The summed E-state index contributed by atoms with van der Waals surface area (Å²) in [6.07, 6.45) is 6.93. The van der Waals surface area contributed by atoms with Crippen molar-refractivity contribution in [3.8, 4) is 0 Å². The molecule has 4 heteroatoms. The lowest BCUT2D eigenvalue weighted by molar-refractivity contribution is -0.0885. The SMILES string of the molecule is Cn1ccc2c(C(=O)N3CC[C@]4(O)CCCC[C@@H]4C3)cccc21. The molecule has 1 aromatic carbocycles. The molecule has 2 aromatic rings. The molecule has 1 amide bonds. The van der Waals surface area contributed by atoms with Crippen molar-refractivity contribution in [2.75, 3.05) is 13.1 Å². The van der Waals surface area contributed by atoms with Crippen LogP contribution in [0.1, 0.15) is 42.5 Å². The first-order valence-electron chi connectivity index (χ1n) is 8.64. The first kappa shape index (κ1) is 14.8. The van der Waals surface area contributed by atoms with Crippen molar-refractivity contribution in [3.05, 3.63) is 36.0 Å². The van der Waals surface area contributed by atoms with E-state index in [0.29, 0.717) is 19.5 Å². The topological polar surface area (TPSA) is 45.5 Å². The molecule has 4 rings (SSSR count). The molecule has 0 bridgehead atoms. The van der Waals surface area contributed by atoms with Gasteiger partial charge in [-0.05, 0) is 37.5 Å². The van der Waals surface area contributed by atoms with E-state index >= 15 is 0 Å². The van der Waals surface area contributed by atoms with Gasteiger partial charge in [-0.3, -0.25) is 4.79 Å². The average Bonchev–Trinajstić information content (AvgIpc) is 2.95. The lowest BCUT2D eigenvalue weighted by Gasteiger charge is -2.47. The highest BCUT2D eigenvalue weighted by molar-refractivity contribution is 6.06. The van der Waals surface area contributed by atoms with Gasteiger partial charge in [0.1, 0.15) is 0 Å². The van der Waals surface area contributed by atoms with Gasteiger partial charge in [0.05, 0.1) is 5.60 Å². The Morgan fingerprint density at radius 1 is 1.26 bits per heavy atom. The van der Waals surface area contributed by atoms with Gasteiger partial charge in [-0.1, -0.05) is 18.9 Å². The van der Waals surface area contributed by atoms with Crippen LogP contribution in [0.2, 0.25) is 0 Å². The summed E-state index contributed by atoms with van der Waals surface area (Å²) in [5, 5.41) is 11.8. The Labute approximate surface area is 136 Å². The van der Waals surface area contributed by atoms with Gasteiger partial charge in [0, 0.05) is 48.7 Å². The summed E-state index contributed by atoms with van der Waals surface area (Å²) in [6, 6.07) is 7.94. The molecule has 1 aliphatic heterocycles. The van der Waals surface area contributed by atoms with Crippen molar-refractivity contribution < 1.29 is 9.90 Å². The van der Waals surface area contributed by atoms with E-state index in [9.17, 15) is 9.90 Å². The number of rotatable bonds is 1. The fourth-order valence-electron chi connectivity index (χ4n) is 4.41. The summed E-state index contributed by atoms with van der Waals surface area (Å²) >= 11 is 0. The van der Waals surface area contributed by atoms with Crippen LogP contribution >= 0.6 is 0 Å². The quantitative estimate of drug-likeness (QED) is 0.880. The van der Waals surface area contributed by atoms with E-state index < -0.39 is 5.60 Å². The van der Waals surface area contributed by atoms with E-state index in [1.165, 1.54) is 6.42 Å². The van der Waals surface area contributed by atoms with E-state index in [-0.39, 0.29) is 11.8 Å². The zero-order chi connectivity index (χ0) is 16.0. The van der Waals surface area contributed by atoms with Gasteiger partial charge >= 0.3 is 0 Å². The Bertz CT molecular complexity index is 751. The Hall–Kier alpha value is -1.81. The van der Waals surface area contributed by atoms with Gasteiger partial charge in [0.25, 0.3) is 5.91 Å². The number of likely N-dealkylation sites (tertiary alicyclic amines) is 1. The normalized spacial score (nSPS) is 27.9. The number of carbonyl (C=O) groups excluding carboxylic acids is 1. The maximum absolute atomic E-state index is 13.0. The average molecular weight is 312 g/mol. The number of aromatic nitrogens is 1. The minimum Gasteiger partial charge on any atom is -0.389 e. The van der Waals surface area contributed by atoms with Crippen molar-refractivity contribution in [3.63, 3.8) is 0 Å². The number of piperidine rings is 1. The second-order valence-electron chi connectivity index (χ2n) is 7.21. The van der Waals surface area contributed by atoms with Gasteiger partial charge in [0.2, 0.25) is 0 Å². The Morgan fingerprint density at radius 3 is 3.00 bits per heavy atom. The molecule has 2 fully saturated rings. The third-order valence-corrected chi connectivity index (χ3v) is 5.87. The molecule has 1 aliphatic carbocycles. The molecule has 23 heavy (non-hydrogen) atoms. The van der Waals surface area contributed by atoms with Crippen LogP contribution in [0.5, 0.6) is 0 Å². The third-order valence-electron chi connectivity index (χ3n) is 5.87. The number of benzene rings is 1. The Morgan fingerprint density at radius 2 is 2.13 bits per heavy atom. The molecule has 0 spiro atoms. The lowest BCUT2D eigenvalue weighted by atomic mass is 9.71. The molecular formula is C19H24N2O2. The number of carbonyl (C=O) groups is 1. The highest BCUT2D eigenvalue weighted by atomic mass is 16.3. The van der Waals surface area contributed by atoms with E-state index in [0.717, 1.165) is 35.7 Å². The number of hydrogen-bond acceptors (Lipinski definition) is 2. The van der Waals surface area contributed by atoms with Crippen LogP contribution in [-0.2, 0) is 7.05 Å². The van der Waals surface area contributed by atoms with Crippen molar-refractivity contribution in [2.24, 2.45) is 13.0 Å². The van der Waals surface area contributed by atoms with E-state index in [1.54, 1.807) is 0 Å². The van der Waals surface area contributed by atoms with Gasteiger partial charge in [-0.2, -0.15) is 0 Å². The predicted octanol–water partition coefficient (Wildman–Crippen LogP) is 2.95. The first-order chi connectivity index (χ1) is 11.1.